The third kappa shape index (κ3) is 5.36. The summed E-state index contributed by atoms with van der Waals surface area (Å²) in [5, 5.41) is 3.60. The van der Waals surface area contributed by atoms with Crippen LogP contribution in [0, 0.1) is 0 Å². The van der Waals surface area contributed by atoms with Gasteiger partial charge in [-0.05, 0) is 47.8 Å². The van der Waals surface area contributed by atoms with Gasteiger partial charge in [0.1, 0.15) is 16.7 Å². The first-order chi connectivity index (χ1) is 14.0. The van der Waals surface area contributed by atoms with Crippen molar-refractivity contribution in [1.29, 1.82) is 0 Å². The Morgan fingerprint density at radius 2 is 1.72 bits per heavy atom. The minimum Gasteiger partial charge on any atom is -0.497 e. The Bertz CT molecular complexity index is 1020. The number of sulfone groups is 1. The van der Waals surface area contributed by atoms with Crippen molar-refractivity contribution >= 4 is 27.1 Å². The molecule has 0 saturated heterocycles. The molecule has 0 saturated carbocycles. The Hall–Kier alpha value is -2.84. The molecule has 1 aromatic heterocycles. The van der Waals surface area contributed by atoms with E-state index in [4.69, 9.17) is 9.47 Å². The average molecular weight is 432 g/mol. The van der Waals surface area contributed by atoms with Gasteiger partial charge in [-0.2, -0.15) is 0 Å². The van der Waals surface area contributed by atoms with Crippen LogP contribution in [0.4, 0.5) is 0 Å². The Morgan fingerprint density at radius 1 is 1.00 bits per heavy atom. The van der Waals surface area contributed by atoms with Crippen LogP contribution in [0.2, 0.25) is 0 Å². The Kier molecular flexibility index (Phi) is 6.90. The molecule has 6 nitrogen and oxygen atoms in total. The normalized spacial score (nSPS) is 12.2. The van der Waals surface area contributed by atoms with Crippen molar-refractivity contribution < 1.29 is 22.7 Å². The maximum absolute atomic E-state index is 13.2. The molecule has 0 aliphatic carbocycles. The Labute approximate surface area is 174 Å². The molecule has 0 unspecified atom stereocenters. The molecule has 1 N–H and O–H groups in total. The molecule has 1 amide bonds. The highest BCUT2D eigenvalue weighted by Gasteiger charge is 2.30. The zero-order valence-electron chi connectivity index (χ0n) is 15.8. The first-order valence-corrected chi connectivity index (χ1v) is 11.3. The van der Waals surface area contributed by atoms with E-state index in [0.717, 1.165) is 0 Å². The monoisotopic (exact) mass is 431 g/mol. The topological polar surface area (TPSA) is 81.7 Å². The summed E-state index contributed by atoms with van der Waals surface area (Å²) < 4.78 is 36.9. The first kappa shape index (κ1) is 20.9. The quantitative estimate of drug-likeness (QED) is 0.561. The summed E-state index contributed by atoms with van der Waals surface area (Å²) in [7, 11) is -2.19. The smallest absolute Gasteiger partial charge is 0.257 e. The van der Waals surface area contributed by atoms with Crippen molar-refractivity contribution in [1.82, 2.24) is 5.32 Å². The van der Waals surface area contributed by atoms with E-state index >= 15 is 0 Å². The van der Waals surface area contributed by atoms with E-state index in [0.29, 0.717) is 16.4 Å². The van der Waals surface area contributed by atoms with Crippen molar-refractivity contribution in [2.75, 3.05) is 20.3 Å². The number of carbonyl (C=O) groups is 1. The summed E-state index contributed by atoms with van der Waals surface area (Å²) in [6.07, 6.45) is 0. The molecule has 0 spiro atoms. The summed E-state index contributed by atoms with van der Waals surface area (Å²) in [6, 6.07) is 18.7. The number of para-hydroxylation sites is 1. The second-order valence-electron chi connectivity index (χ2n) is 6.13. The zero-order chi connectivity index (χ0) is 20.7. The molecule has 152 valence electrons. The van der Waals surface area contributed by atoms with Gasteiger partial charge in [-0.15, -0.1) is 11.3 Å². The maximum Gasteiger partial charge on any atom is 0.257 e. The molecule has 2 aromatic carbocycles. The first-order valence-electron chi connectivity index (χ1n) is 8.86. The van der Waals surface area contributed by atoms with E-state index in [2.05, 4.69) is 5.32 Å². The number of carbonyl (C=O) groups excluding carboxylic acids is 1. The van der Waals surface area contributed by atoms with Crippen LogP contribution < -0.4 is 14.8 Å². The summed E-state index contributed by atoms with van der Waals surface area (Å²) in [5.41, 5.74) is 0. The number of rotatable bonds is 9. The van der Waals surface area contributed by atoms with Gasteiger partial charge in [0.05, 0.1) is 12.0 Å². The lowest BCUT2D eigenvalue weighted by atomic mass is 10.3. The number of nitrogens with one attached hydrogen (secondary N) is 1. The van der Waals surface area contributed by atoms with Crippen LogP contribution >= 0.6 is 11.3 Å². The average Bonchev–Trinajstić information content (AvgIpc) is 3.27. The summed E-state index contributed by atoms with van der Waals surface area (Å²) in [6.45, 7) is -0.240. The SMILES string of the molecule is COc1ccc(S(=O)(=O)[C@H](CNC(=O)COc2ccccc2)c2cccs2)cc1. The minimum absolute atomic E-state index is 0.0497. The number of amides is 1. The maximum atomic E-state index is 13.2. The number of ether oxygens (including phenoxy) is 2. The number of hydrogen-bond acceptors (Lipinski definition) is 6. The molecular formula is C21H21NO5S2. The van der Waals surface area contributed by atoms with E-state index in [9.17, 15) is 13.2 Å². The molecule has 29 heavy (non-hydrogen) atoms. The van der Waals surface area contributed by atoms with Crippen LogP contribution in [0.15, 0.2) is 77.0 Å². The Balaban J connectivity index is 1.71. The highest BCUT2D eigenvalue weighted by Crippen LogP contribution is 2.32. The van der Waals surface area contributed by atoms with Crippen molar-refractivity contribution in [2.24, 2.45) is 0 Å². The second kappa shape index (κ2) is 9.58. The number of benzene rings is 2. The molecule has 0 aliphatic rings. The van der Waals surface area contributed by atoms with Crippen LogP contribution in [0.3, 0.4) is 0 Å². The largest absolute Gasteiger partial charge is 0.497 e. The summed E-state index contributed by atoms with van der Waals surface area (Å²) in [4.78, 5) is 13.0. The number of thiophene rings is 1. The highest BCUT2D eigenvalue weighted by molar-refractivity contribution is 7.91. The van der Waals surface area contributed by atoms with Crippen LogP contribution in [0.1, 0.15) is 10.1 Å². The minimum atomic E-state index is -3.71. The molecule has 8 heteroatoms. The second-order valence-corrected chi connectivity index (χ2v) is 9.24. The molecule has 0 radical (unpaired) electrons. The molecule has 3 rings (SSSR count). The predicted molar refractivity (Wildman–Crippen MR) is 112 cm³/mol. The van der Waals surface area contributed by atoms with E-state index in [1.807, 2.05) is 23.6 Å². The van der Waals surface area contributed by atoms with Gasteiger partial charge in [0.2, 0.25) is 0 Å². The third-order valence-corrected chi connectivity index (χ3v) is 7.45. The van der Waals surface area contributed by atoms with Gasteiger partial charge in [0.15, 0.2) is 16.4 Å². The lowest BCUT2D eigenvalue weighted by molar-refractivity contribution is -0.123. The molecule has 1 heterocycles. The molecule has 0 bridgehead atoms. The van der Waals surface area contributed by atoms with Crippen molar-refractivity contribution in [3.63, 3.8) is 0 Å². The fourth-order valence-electron chi connectivity index (χ4n) is 2.69. The summed E-state index contributed by atoms with van der Waals surface area (Å²) in [5.74, 6) is 0.756. The van der Waals surface area contributed by atoms with Gasteiger partial charge in [-0.1, -0.05) is 24.3 Å². The molecule has 0 fully saturated rings. The van der Waals surface area contributed by atoms with Gasteiger partial charge in [0, 0.05) is 11.4 Å². The Morgan fingerprint density at radius 3 is 2.34 bits per heavy atom. The third-order valence-electron chi connectivity index (χ3n) is 4.22. The summed E-state index contributed by atoms with van der Waals surface area (Å²) >= 11 is 1.34. The highest BCUT2D eigenvalue weighted by atomic mass is 32.2. The number of hydrogen-bond donors (Lipinski definition) is 1. The van der Waals surface area contributed by atoms with Crippen molar-refractivity contribution in [3.8, 4) is 11.5 Å². The van der Waals surface area contributed by atoms with Crippen molar-refractivity contribution in [2.45, 2.75) is 10.1 Å². The molecular weight excluding hydrogens is 410 g/mol. The zero-order valence-corrected chi connectivity index (χ0v) is 17.4. The number of methoxy groups -OCH3 is 1. The predicted octanol–water partition coefficient (Wildman–Crippen LogP) is 3.47. The van der Waals surface area contributed by atoms with Crippen molar-refractivity contribution in [3.05, 3.63) is 77.0 Å². The van der Waals surface area contributed by atoms with Gasteiger partial charge < -0.3 is 14.8 Å². The van der Waals surface area contributed by atoms with E-state index in [-0.39, 0.29) is 24.0 Å². The fraction of sp³-hybridized carbons (Fsp3) is 0.190. The lowest BCUT2D eigenvalue weighted by Gasteiger charge is -2.18. The molecule has 3 aromatic rings. The van der Waals surface area contributed by atoms with Gasteiger partial charge in [-0.3, -0.25) is 4.79 Å². The van der Waals surface area contributed by atoms with Gasteiger partial charge in [-0.25, -0.2) is 8.42 Å². The van der Waals surface area contributed by atoms with Crippen LogP contribution in [-0.4, -0.2) is 34.6 Å². The standard InChI is InChI=1S/C21H21NO5S2/c1-26-16-9-11-18(12-10-16)29(24,25)20(19-8-5-13-28-19)14-22-21(23)15-27-17-6-3-2-4-7-17/h2-13,20H,14-15H2,1H3,(H,22,23)/t20-/m1/s1. The van der Waals surface area contributed by atoms with E-state index in [1.165, 1.54) is 30.6 Å². The molecule has 1 atom stereocenters. The van der Waals surface area contributed by atoms with Gasteiger partial charge >= 0.3 is 0 Å². The lowest BCUT2D eigenvalue weighted by Crippen LogP contribution is -2.34. The van der Waals surface area contributed by atoms with Crippen LogP contribution in [0.5, 0.6) is 11.5 Å². The van der Waals surface area contributed by atoms with E-state index < -0.39 is 15.1 Å². The fourth-order valence-corrected chi connectivity index (χ4v) is 5.47. The molecule has 0 aliphatic heterocycles. The van der Waals surface area contributed by atoms with E-state index in [1.54, 1.807) is 36.4 Å². The van der Waals surface area contributed by atoms with Crippen LogP contribution in [-0.2, 0) is 14.6 Å². The van der Waals surface area contributed by atoms with Gasteiger partial charge in [0.25, 0.3) is 5.91 Å². The van der Waals surface area contributed by atoms with Crippen LogP contribution in [0.25, 0.3) is 0 Å².